The molecule has 10 heteroatoms. The fraction of sp³-hybridized carbons (Fsp3) is 0.0870. The second-order valence-corrected chi connectivity index (χ2v) is 8.91. The van der Waals surface area contributed by atoms with Crippen molar-refractivity contribution in [1.29, 1.82) is 0 Å². The van der Waals surface area contributed by atoms with Crippen molar-refractivity contribution in [2.24, 2.45) is 10.2 Å². The highest BCUT2D eigenvalue weighted by Crippen LogP contribution is 2.26. The maximum absolute atomic E-state index is 13.1. The number of nitrogen functional groups attached to an aromatic ring is 1. The molecular formula is C23H22N6O3S. The van der Waals surface area contributed by atoms with Gasteiger partial charge in [-0.2, -0.15) is 5.11 Å². The van der Waals surface area contributed by atoms with Crippen LogP contribution >= 0.6 is 0 Å². The number of benzene rings is 3. The van der Waals surface area contributed by atoms with Gasteiger partial charge in [-0.25, -0.2) is 13.1 Å². The van der Waals surface area contributed by atoms with Gasteiger partial charge in [0.1, 0.15) is 5.82 Å². The summed E-state index contributed by atoms with van der Waals surface area (Å²) in [6.45, 7) is 2.06. The second-order valence-electron chi connectivity index (χ2n) is 7.05. The Labute approximate surface area is 190 Å². The number of H-pyrrole nitrogens is 1. The number of aromatic nitrogens is 2. The zero-order valence-electron chi connectivity index (χ0n) is 17.8. The SMILES string of the molecule is CCN(c1ccccc1)S(=O)(=O)c1ccc(N=Nc2c(N)[nH]n(-c3ccccc3)c2=O)cc1. The smallest absolute Gasteiger partial charge is 0.301 e. The highest BCUT2D eigenvalue weighted by atomic mass is 32.2. The van der Waals surface area contributed by atoms with Gasteiger partial charge >= 0.3 is 5.56 Å². The minimum Gasteiger partial charge on any atom is -0.382 e. The number of hydrogen-bond acceptors (Lipinski definition) is 6. The van der Waals surface area contributed by atoms with Crippen molar-refractivity contribution in [3.05, 3.63) is 95.3 Å². The van der Waals surface area contributed by atoms with E-state index in [0.29, 0.717) is 17.1 Å². The molecule has 0 saturated carbocycles. The van der Waals surface area contributed by atoms with Crippen molar-refractivity contribution in [2.75, 3.05) is 16.6 Å². The molecule has 1 aromatic heterocycles. The quantitative estimate of drug-likeness (QED) is 0.395. The standard InChI is InChI=1S/C23H22N6O3S/c1-2-28(18-9-5-3-6-10-18)33(31,32)20-15-13-17(14-16-20)25-26-21-22(24)27-29(23(21)30)19-11-7-4-8-12-19/h3-16,27H,2,24H2,1H3. The highest BCUT2D eigenvalue weighted by molar-refractivity contribution is 7.92. The molecule has 0 aliphatic carbocycles. The number of nitrogens with zero attached hydrogens (tertiary/aromatic N) is 4. The van der Waals surface area contributed by atoms with E-state index < -0.39 is 15.6 Å². The number of nitrogens with one attached hydrogen (secondary N) is 1. The van der Waals surface area contributed by atoms with Crippen LogP contribution < -0.4 is 15.6 Å². The van der Waals surface area contributed by atoms with E-state index in [-0.39, 0.29) is 22.9 Å². The van der Waals surface area contributed by atoms with Crippen LogP contribution in [0.25, 0.3) is 5.69 Å². The molecule has 4 aromatic rings. The molecule has 0 atom stereocenters. The predicted octanol–water partition coefficient (Wildman–Crippen LogP) is 4.38. The molecule has 0 fully saturated rings. The summed E-state index contributed by atoms with van der Waals surface area (Å²) in [7, 11) is -3.75. The fourth-order valence-electron chi connectivity index (χ4n) is 3.31. The van der Waals surface area contributed by atoms with E-state index in [4.69, 9.17) is 5.73 Å². The third-order valence-corrected chi connectivity index (χ3v) is 6.85. The number of nitrogens with two attached hydrogens (primary N) is 1. The van der Waals surface area contributed by atoms with Gasteiger partial charge in [-0.1, -0.05) is 36.4 Å². The summed E-state index contributed by atoms with van der Waals surface area (Å²) < 4.78 is 28.8. The summed E-state index contributed by atoms with van der Waals surface area (Å²) in [4.78, 5) is 12.8. The monoisotopic (exact) mass is 462 g/mol. The van der Waals surface area contributed by atoms with Crippen molar-refractivity contribution < 1.29 is 8.42 Å². The van der Waals surface area contributed by atoms with Crippen LogP contribution in [0.1, 0.15) is 6.92 Å². The van der Waals surface area contributed by atoms with Crippen molar-refractivity contribution in [3.8, 4) is 5.69 Å². The van der Waals surface area contributed by atoms with Gasteiger partial charge in [-0.05, 0) is 55.5 Å². The Morgan fingerprint density at radius 2 is 1.52 bits per heavy atom. The summed E-state index contributed by atoms with van der Waals surface area (Å²) in [5.41, 5.74) is 7.02. The molecule has 0 radical (unpaired) electrons. The molecular weight excluding hydrogens is 440 g/mol. The Balaban J connectivity index is 1.59. The predicted molar refractivity (Wildman–Crippen MR) is 128 cm³/mol. The fourth-order valence-corrected chi connectivity index (χ4v) is 4.78. The molecule has 0 spiro atoms. The summed E-state index contributed by atoms with van der Waals surface area (Å²) in [6, 6.07) is 23.8. The first-order chi connectivity index (χ1) is 15.9. The van der Waals surface area contributed by atoms with E-state index in [1.807, 2.05) is 12.1 Å². The minimum atomic E-state index is -3.75. The molecule has 9 nitrogen and oxygen atoms in total. The molecule has 0 aliphatic heterocycles. The van der Waals surface area contributed by atoms with Gasteiger partial charge in [0.25, 0.3) is 10.0 Å². The summed E-state index contributed by atoms with van der Waals surface area (Å²) in [6.07, 6.45) is 0. The van der Waals surface area contributed by atoms with Gasteiger partial charge in [0.2, 0.25) is 0 Å². The van der Waals surface area contributed by atoms with Crippen LogP contribution in [0.4, 0.5) is 22.9 Å². The normalized spacial score (nSPS) is 11.7. The van der Waals surface area contributed by atoms with E-state index in [1.165, 1.54) is 33.3 Å². The van der Waals surface area contributed by atoms with Crippen LogP contribution in [0.5, 0.6) is 0 Å². The van der Waals surface area contributed by atoms with E-state index in [9.17, 15) is 13.2 Å². The van der Waals surface area contributed by atoms with Crippen LogP contribution in [0, 0.1) is 0 Å². The zero-order chi connectivity index (χ0) is 23.4. The molecule has 0 unspecified atom stereocenters. The molecule has 0 amide bonds. The largest absolute Gasteiger partial charge is 0.382 e. The van der Waals surface area contributed by atoms with Crippen molar-refractivity contribution in [1.82, 2.24) is 9.78 Å². The first kappa shape index (κ1) is 22.0. The number of para-hydroxylation sites is 2. The lowest BCUT2D eigenvalue weighted by atomic mass is 10.3. The lowest BCUT2D eigenvalue weighted by Gasteiger charge is -2.22. The van der Waals surface area contributed by atoms with E-state index in [1.54, 1.807) is 55.5 Å². The Bertz CT molecular complexity index is 1430. The van der Waals surface area contributed by atoms with Gasteiger partial charge in [0, 0.05) is 6.54 Å². The Hall–Kier alpha value is -4.18. The molecule has 3 N–H and O–H groups in total. The third-order valence-electron chi connectivity index (χ3n) is 4.93. The Morgan fingerprint density at radius 1 is 0.909 bits per heavy atom. The Kier molecular flexibility index (Phi) is 6.09. The van der Waals surface area contributed by atoms with Crippen LogP contribution in [0.2, 0.25) is 0 Å². The van der Waals surface area contributed by atoms with Crippen LogP contribution in [0.3, 0.4) is 0 Å². The van der Waals surface area contributed by atoms with E-state index in [2.05, 4.69) is 15.3 Å². The lowest BCUT2D eigenvalue weighted by molar-refractivity contribution is 0.592. The molecule has 0 aliphatic rings. The summed E-state index contributed by atoms with van der Waals surface area (Å²) >= 11 is 0. The summed E-state index contributed by atoms with van der Waals surface area (Å²) in [5.74, 6) is 0.0771. The second kappa shape index (κ2) is 9.13. The first-order valence-electron chi connectivity index (χ1n) is 10.2. The molecule has 4 rings (SSSR count). The number of azo groups is 1. The first-order valence-corrected chi connectivity index (χ1v) is 11.6. The Morgan fingerprint density at radius 3 is 2.12 bits per heavy atom. The third kappa shape index (κ3) is 4.41. The van der Waals surface area contributed by atoms with Gasteiger partial charge in [-0.3, -0.25) is 14.2 Å². The average Bonchev–Trinajstić information content (AvgIpc) is 3.12. The van der Waals surface area contributed by atoms with Crippen LogP contribution in [-0.4, -0.2) is 24.7 Å². The highest BCUT2D eigenvalue weighted by Gasteiger charge is 2.23. The van der Waals surface area contributed by atoms with Gasteiger partial charge in [0.05, 0.1) is 22.0 Å². The zero-order valence-corrected chi connectivity index (χ0v) is 18.6. The van der Waals surface area contributed by atoms with Crippen LogP contribution in [-0.2, 0) is 10.0 Å². The average molecular weight is 463 g/mol. The maximum atomic E-state index is 13.1. The summed E-state index contributed by atoms with van der Waals surface area (Å²) in [5, 5.41) is 10.8. The molecule has 168 valence electrons. The molecule has 1 heterocycles. The molecule has 3 aromatic carbocycles. The number of anilines is 2. The van der Waals surface area contributed by atoms with Crippen molar-refractivity contribution >= 4 is 32.9 Å². The van der Waals surface area contributed by atoms with Crippen LogP contribution in [0.15, 0.2) is 105 Å². The molecule has 33 heavy (non-hydrogen) atoms. The number of hydrogen-bond donors (Lipinski definition) is 2. The number of rotatable bonds is 7. The maximum Gasteiger partial charge on any atom is 0.301 e. The van der Waals surface area contributed by atoms with E-state index in [0.717, 1.165) is 0 Å². The van der Waals surface area contributed by atoms with Crippen molar-refractivity contribution in [3.63, 3.8) is 0 Å². The molecule has 0 bridgehead atoms. The number of aromatic amines is 1. The van der Waals surface area contributed by atoms with Crippen molar-refractivity contribution in [2.45, 2.75) is 11.8 Å². The topological polar surface area (TPSA) is 126 Å². The molecule has 0 saturated heterocycles. The van der Waals surface area contributed by atoms with Gasteiger partial charge in [0.15, 0.2) is 5.69 Å². The number of sulfonamides is 1. The minimum absolute atomic E-state index is 0.0308. The van der Waals surface area contributed by atoms with Gasteiger partial charge < -0.3 is 5.73 Å². The lowest BCUT2D eigenvalue weighted by Crippen LogP contribution is -2.30. The van der Waals surface area contributed by atoms with Gasteiger partial charge in [-0.15, -0.1) is 5.11 Å². The van der Waals surface area contributed by atoms with E-state index >= 15 is 0 Å².